The molecule has 0 spiro atoms. The highest BCUT2D eigenvalue weighted by Crippen LogP contribution is 2.26. The smallest absolute Gasteiger partial charge is 0.354 e. The molecule has 0 bridgehead atoms. The molecule has 0 aliphatic carbocycles. The molecule has 0 aliphatic rings. The number of ketones is 1. The summed E-state index contributed by atoms with van der Waals surface area (Å²) < 4.78 is 47.8. The monoisotopic (exact) mass is 487 g/mol. The summed E-state index contributed by atoms with van der Waals surface area (Å²) in [4.78, 5) is 29.7. The molecule has 0 fully saturated rings. The van der Waals surface area contributed by atoms with Crippen LogP contribution in [-0.2, 0) is 27.8 Å². The molecule has 0 N–H and O–H groups in total. The van der Waals surface area contributed by atoms with Crippen LogP contribution in [0.4, 0.5) is 4.39 Å². The average Bonchev–Trinajstić information content (AvgIpc) is 3.08. The van der Waals surface area contributed by atoms with Crippen LogP contribution in [0.15, 0.2) is 53.7 Å². The second-order valence-corrected chi connectivity index (χ2v) is 9.62. The van der Waals surface area contributed by atoms with Crippen molar-refractivity contribution in [1.29, 1.82) is 0 Å². The van der Waals surface area contributed by atoms with E-state index in [-0.39, 0.29) is 22.7 Å². The Labute approximate surface area is 198 Å². The van der Waals surface area contributed by atoms with Crippen molar-refractivity contribution >= 4 is 21.8 Å². The number of pyridine rings is 1. The maximum atomic E-state index is 13.5. The van der Waals surface area contributed by atoms with E-state index in [1.165, 1.54) is 13.3 Å². The zero-order valence-corrected chi connectivity index (χ0v) is 20.2. The van der Waals surface area contributed by atoms with Crippen molar-refractivity contribution in [2.24, 2.45) is 0 Å². The first-order valence-electron chi connectivity index (χ1n) is 10.6. The number of methoxy groups -OCH3 is 1. The third kappa shape index (κ3) is 4.92. The van der Waals surface area contributed by atoms with Crippen molar-refractivity contribution in [2.75, 3.05) is 13.7 Å². The Bertz CT molecular complexity index is 1300. The molecule has 0 aliphatic heterocycles. The number of benzene rings is 1. The van der Waals surface area contributed by atoms with Gasteiger partial charge in [-0.15, -0.1) is 0 Å². The van der Waals surface area contributed by atoms with Gasteiger partial charge in [0, 0.05) is 36.7 Å². The molecule has 3 aromatic rings. The molecule has 0 saturated carbocycles. The molecule has 2 heterocycles. The predicted molar refractivity (Wildman–Crippen MR) is 123 cm³/mol. The molecular weight excluding hydrogens is 461 g/mol. The van der Waals surface area contributed by atoms with E-state index in [9.17, 15) is 22.4 Å². The zero-order chi connectivity index (χ0) is 25.0. The number of rotatable bonds is 9. The third-order valence-electron chi connectivity index (χ3n) is 5.59. The maximum Gasteiger partial charge on any atom is 0.354 e. The van der Waals surface area contributed by atoms with Crippen LogP contribution >= 0.6 is 0 Å². The number of hydrogen-bond acceptors (Lipinski definition) is 6. The first kappa shape index (κ1) is 25.3. The quantitative estimate of drug-likeness (QED) is 0.338. The Morgan fingerprint density at radius 1 is 1.15 bits per heavy atom. The summed E-state index contributed by atoms with van der Waals surface area (Å²) in [6.45, 7) is 5.01. The molecule has 2 aromatic heterocycles. The van der Waals surface area contributed by atoms with Crippen molar-refractivity contribution in [3.8, 4) is 0 Å². The first-order valence-corrected chi connectivity index (χ1v) is 12.0. The number of halogens is 1. The van der Waals surface area contributed by atoms with E-state index in [0.717, 1.165) is 28.6 Å². The summed E-state index contributed by atoms with van der Waals surface area (Å²) in [5.74, 6) is -1.62. The van der Waals surface area contributed by atoms with Crippen LogP contribution in [0.3, 0.4) is 0 Å². The van der Waals surface area contributed by atoms with Gasteiger partial charge in [0.05, 0.1) is 18.6 Å². The number of nitrogens with zero attached hydrogens (tertiary/aromatic N) is 3. The highest BCUT2D eigenvalue weighted by atomic mass is 32.2. The molecule has 8 nitrogen and oxygen atoms in total. The van der Waals surface area contributed by atoms with Crippen LogP contribution in [0, 0.1) is 19.7 Å². The predicted octanol–water partition coefficient (Wildman–Crippen LogP) is 3.52. The molecule has 10 heteroatoms. The minimum absolute atomic E-state index is 0.115. The van der Waals surface area contributed by atoms with E-state index in [0.29, 0.717) is 23.4 Å². The minimum atomic E-state index is -4.16. The molecule has 3 rings (SSSR count). The summed E-state index contributed by atoms with van der Waals surface area (Å²) in [5, 5.41) is 0. The number of aromatic nitrogens is 2. The lowest BCUT2D eigenvalue weighted by Gasteiger charge is -2.22. The van der Waals surface area contributed by atoms with Gasteiger partial charge in [0.15, 0.2) is 5.78 Å². The average molecular weight is 488 g/mol. The van der Waals surface area contributed by atoms with Crippen LogP contribution in [-0.4, -0.2) is 47.7 Å². The van der Waals surface area contributed by atoms with Gasteiger partial charge in [0.25, 0.3) is 0 Å². The van der Waals surface area contributed by atoms with Gasteiger partial charge in [-0.3, -0.25) is 9.78 Å². The van der Waals surface area contributed by atoms with Crippen LogP contribution in [0.1, 0.15) is 44.6 Å². The van der Waals surface area contributed by atoms with E-state index in [1.807, 2.05) is 6.92 Å². The summed E-state index contributed by atoms with van der Waals surface area (Å²) in [5.41, 5.74) is 2.08. The van der Waals surface area contributed by atoms with Crippen molar-refractivity contribution in [2.45, 2.75) is 38.8 Å². The second kappa shape index (κ2) is 10.3. The Balaban J connectivity index is 2.05. The highest BCUT2D eigenvalue weighted by Gasteiger charge is 2.31. The Morgan fingerprint density at radius 2 is 1.82 bits per heavy atom. The topological polar surface area (TPSA) is 98.6 Å². The molecule has 1 aromatic carbocycles. The van der Waals surface area contributed by atoms with Gasteiger partial charge in [-0.05, 0) is 62.2 Å². The molecule has 0 radical (unpaired) electrons. The van der Waals surface area contributed by atoms with Gasteiger partial charge in [0.1, 0.15) is 11.5 Å². The van der Waals surface area contributed by atoms with Crippen molar-refractivity contribution in [3.63, 3.8) is 0 Å². The van der Waals surface area contributed by atoms with E-state index >= 15 is 0 Å². The Hall–Kier alpha value is -3.37. The second-order valence-electron chi connectivity index (χ2n) is 7.68. The number of hydrogen-bond donors (Lipinski definition) is 0. The van der Waals surface area contributed by atoms with Gasteiger partial charge in [-0.25, -0.2) is 17.6 Å². The zero-order valence-electron chi connectivity index (χ0n) is 19.4. The fourth-order valence-corrected chi connectivity index (χ4v) is 5.36. The first-order chi connectivity index (χ1) is 16.1. The Morgan fingerprint density at radius 3 is 2.38 bits per heavy atom. The van der Waals surface area contributed by atoms with E-state index < -0.39 is 34.1 Å². The summed E-state index contributed by atoms with van der Waals surface area (Å²) >= 11 is 0. The number of Topliss-reactive ketones (excluding diaryl/α,β-unsaturated/α-hetero) is 1. The van der Waals surface area contributed by atoms with Gasteiger partial charge < -0.3 is 9.30 Å². The SMILES string of the molecule is CCn1c(C)c(C(=O)CN(Cc2cccnc2)S(=O)(=O)c2ccc(F)cc2)c(C)c1C(=O)OC. The fourth-order valence-electron chi connectivity index (χ4n) is 3.98. The van der Waals surface area contributed by atoms with Gasteiger partial charge in [0.2, 0.25) is 10.0 Å². The Kier molecular flexibility index (Phi) is 7.63. The largest absolute Gasteiger partial charge is 0.464 e. The van der Waals surface area contributed by atoms with Crippen LogP contribution < -0.4 is 0 Å². The van der Waals surface area contributed by atoms with Crippen molar-refractivity contribution < 1.29 is 27.1 Å². The molecule has 0 saturated heterocycles. The number of ether oxygens (including phenoxy) is 1. The molecule has 0 unspecified atom stereocenters. The number of carbonyl (C=O) groups excluding carboxylic acids is 2. The van der Waals surface area contributed by atoms with E-state index in [1.54, 1.807) is 36.7 Å². The molecule has 0 atom stereocenters. The van der Waals surface area contributed by atoms with Crippen LogP contribution in [0.2, 0.25) is 0 Å². The third-order valence-corrected chi connectivity index (χ3v) is 7.40. The summed E-state index contributed by atoms with van der Waals surface area (Å²) in [6, 6.07) is 7.78. The standard InChI is InChI=1S/C24H26FN3O5S/c1-5-28-17(3)22(16(2)23(28)24(30)33-4)21(29)15-27(14-18-7-6-12-26-13-18)34(31,32)20-10-8-19(25)9-11-20/h6-13H,5,14-15H2,1-4H3. The number of carbonyl (C=O) groups is 2. The fraction of sp³-hybridized carbons (Fsp3) is 0.292. The summed E-state index contributed by atoms with van der Waals surface area (Å²) in [7, 11) is -2.89. The lowest BCUT2D eigenvalue weighted by Crippen LogP contribution is -2.35. The molecular formula is C24H26FN3O5S. The summed E-state index contributed by atoms with van der Waals surface area (Å²) in [6.07, 6.45) is 3.07. The van der Waals surface area contributed by atoms with Crippen molar-refractivity contribution in [3.05, 3.63) is 82.7 Å². The molecule has 34 heavy (non-hydrogen) atoms. The lowest BCUT2D eigenvalue weighted by atomic mass is 10.1. The maximum absolute atomic E-state index is 13.5. The van der Waals surface area contributed by atoms with E-state index in [4.69, 9.17) is 4.74 Å². The molecule has 0 amide bonds. The van der Waals surface area contributed by atoms with E-state index in [2.05, 4.69) is 4.98 Å². The molecule has 180 valence electrons. The van der Waals surface area contributed by atoms with Gasteiger partial charge in [-0.2, -0.15) is 4.31 Å². The van der Waals surface area contributed by atoms with Gasteiger partial charge >= 0.3 is 5.97 Å². The van der Waals surface area contributed by atoms with Crippen LogP contribution in [0.25, 0.3) is 0 Å². The highest BCUT2D eigenvalue weighted by molar-refractivity contribution is 7.89. The normalized spacial score (nSPS) is 11.6. The van der Waals surface area contributed by atoms with Crippen LogP contribution in [0.5, 0.6) is 0 Å². The minimum Gasteiger partial charge on any atom is -0.464 e. The number of sulfonamides is 1. The lowest BCUT2D eigenvalue weighted by molar-refractivity contribution is 0.0587. The number of esters is 1. The van der Waals surface area contributed by atoms with Crippen molar-refractivity contribution in [1.82, 2.24) is 13.9 Å². The van der Waals surface area contributed by atoms with Gasteiger partial charge in [-0.1, -0.05) is 6.07 Å².